The summed E-state index contributed by atoms with van der Waals surface area (Å²) in [7, 11) is -7.76. The number of ether oxygens (including phenoxy) is 4. The van der Waals surface area contributed by atoms with E-state index in [-0.39, 0.29) is 134 Å². The van der Waals surface area contributed by atoms with Gasteiger partial charge in [-0.05, 0) is 72.6 Å². The van der Waals surface area contributed by atoms with Gasteiger partial charge in [-0.15, -0.1) is 0 Å². The zero-order valence-corrected chi connectivity index (χ0v) is 81.7. The number of β-amino-alcohol motifs (C(OH)–C–C–N with tert-alkyl or cyclic N) is 1. The second-order valence-electron chi connectivity index (χ2n) is 25.6. The number of halogens is 1. The Kier molecular flexibility index (Phi) is 84.2. The van der Waals surface area contributed by atoms with E-state index in [1.165, 1.54) is 67.4 Å². The first-order valence-corrected chi connectivity index (χ1v) is 53.6. The van der Waals surface area contributed by atoms with Crippen LogP contribution in [0.25, 0.3) is 26.4 Å². The first kappa shape index (κ1) is 127. The zero-order chi connectivity index (χ0) is 84.3. The molecule has 0 radical (unpaired) electrons. The molecule has 5 saturated heterocycles. The third-order valence-electron chi connectivity index (χ3n) is 17.4. The van der Waals surface area contributed by atoms with Gasteiger partial charge < -0.3 is 102 Å². The molecular weight excluding hydrogens is 1680 g/mol. The summed E-state index contributed by atoms with van der Waals surface area (Å²) in [5, 5.41) is 123. The zero-order valence-electron chi connectivity index (χ0n) is 68.8. The van der Waals surface area contributed by atoms with Crippen molar-refractivity contribution in [2.24, 2.45) is 64.3 Å². The van der Waals surface area contributed by atoms with Crippen LogP contribution >= 0.6 is 10.7 Å². The number of hydrogen-bond donors (Lipinski definition) is 14. The molecule has 0 aromatic rings. The van der Waals surface area contributed by atoms with Crippen molar-refractivity contribution in [1.82, 2.24) is 5.32 Å². The van der Waals surface area contributed by atoms with Gasteiger partial charge in [0, 0.05) is 48.3 Å². The van der Waals surface area contributed by atoms with E-state index in [2.05, 4.69) is 70.1 Å². The van der Waals surface area contributed by atoms with Crippen molar-refractivity contribution in [3.8, 4) is 0 Å². The summed E-state index contributed by atoms with van der Waals surface area (Å²) in [4.78, 5) is 5.29. The fraction of sp³-hybridized carbons (Fsp3) is 1.00. The molecule has 45 heteroatoms. The molecule has 0 aliphatic carbocycles. The van der Waals surface area contributed by atoms with Crippen LogP contribution in [0.4, 0.5) is 0 Å². The normalized spacial score (nSPS) is 29.2. The van der Waals surface area contributed by atoms with Crippen molar-refractivity contribution >= 4 is 126 Å². The van der Waals surface area contributed by atoms with E-state index in [0.29, 0.717) is 37.8 Å². The molecule has 0 saturated carbocycles. The van der Waals surface area contributed by atoms with Gasteiger partial charge in [0.2, 0.25) is 9.05 Å². The number of nitrogens with one attached hydrogen (secondary N) is 1. The molecule has 632 valence electrons. The van der Waals surface area contributed by atoms with Gasteiger partial charge in [-0.1, -0.05) is 102 Å². The summed E-state index contributed by atoms with van der Waals surface area (Å²) in [6.45, 7) is 34.4. The number of methoxy groups -OCH3 is 1. The van der Waals surface area contributed by atoms with Gasteiger partial charge in [0.15, 0.2) is 18.9 Å². The van der Waals surface area contributed by atoms with Crippen LogP contribution in [-0.4, -0.2) is 352 Å². The molecule has 5 fully saturated rings. The molecule has 5 heterocycles. The molecule has 5 aliphatic rings. The Bertz CT molecular complexity index is 2620. The van der Waals surface area contributed by atoms with Gasteiger partial charge in [-0.2, -0.15) is 25.3 Å². The second-order valence-corrected chi connectivity index (χ2v) is 36.1. The molecule has 35 nitrogen and oxygen atoms in total. The average molecular weight is 1820 g/mol. The quantitative estimate of drug-likeness (QED) is 0.0130. The summed E-state index contributed by atoms with van der Waals surface area (Å²) in [5.74, 6) is 3.09. The number of azide groups is 1. The van der Waals surface area contributed by atoms with Gasteiger partial charge >= 0.3 is 156 Å². The van der Waals surface area contributed by atoms with Crippen molar-refractivity contribution < 1.29 is 163 Å². The number of aliphatic hydroxyl groups is 13. The Labute approximate surface area is 713 Å². The van der Waals surface area contributed by atoms with Crippen LogP contribution < -0.4 is 34.9 Å². The number of hydrogen-bond acceptors (Lipinski definition) is 30. The summed E-state index contributed by atoms with van der Waals surface area (Å²) in [6.07, 6.45) is -3.08. The summed E-state index contributed by atoms with van der Waals surface area (Å²) >= 11 is 3.87. The summed E-state index contributed by atoms with van der Waals surface area (Å²) in [6, 6.07) is -0.347. The molecule has 0 spiro atoms. The van der Waals surface area contributed by atoms with Crippen LogP contribution in [0.15, 0.2) is 5.11 Å². The van der Waals surface area contributed by atoms with E-state index in [1.807, 2.05) is 76.2 Å². The van der Waals surface area contributed by atoms with Gasteiger partial charge in [0.1, 0.15) is 36.6 Å². The van der Waals surface area contributed by atoms with Gasteiger partial charge in [-0.3, -0.25) is 17.5 Å². The maximum atomic E-state index is 11.1. The van der Waals surface area contributed by atoms with Crippen LogP contribution in [0.5, 0.6) is 0 Å². The van der Waals surface area contributed by atoms with Crippen molar-refractivity contribution in [1.29, 1.82) is 0 Å². The molecule has 0 aromatic heterocycles. The minimum atomic E-state index is -3.52. The third kappa shape index (κ3) is 61.8. The Hall–Kier alpha value is 1.91. The first-order chi connectivity index (χ1) is 48.4. The Morgan fingerprint density at radius 3 is 1.25 bits per heavy atom. The number of rotatable bonds is 25. The van der Waals surface area contributed by atoms with Crippen molar-refractivity contribution in [2.75, 3.05) is 78.3 Å². The molecule has 0 bridgehead atoms. The monoisotopic (exact) mass is 1820 g/mol. The van der Waals surface area contributed by atoms with Crippen LogP contribution in [0.3, 0.4) is 0 Å². The second kappa shape index (κ2) is 70.9. The molecule has 14 N–H and O–H groups in total. The van der Waals surface area contributed by atoms with Crippen LogP contribution in [-0.2, 0) is 70.9 Å². The molecule has 5 rings (SSSR count). The molecular formula is C62H136ClN7Na3O28S4Se2+. The average Bonchev–Trinajstić information content (AvgIpc) is 1.68. The molecule has 0 aromatic carbocycles. The fourth-order valence-electron chi connectivity index (χ4n) is 9.69. The van der Waals surface area contributed by atoms with Gasteiger partial charge in [0.25, 0.3) is 30.4 Å². The topological polar surface area (TPSA) is 584 Å². The molecule has 27 atom stereocenters. The maximum absolute atomic E-state index is 11.1. The Morgan fingerprint density at radius 2 is 1.03 bits per heavy atom. The first-order valence-electron chi connectivity index (χ1n) is 35.3. The van der Waals surface area contributed by atoms with Crippen LogP contribution in [0.2, 0.25) is 10.1 Å². The molecule has 5 aliphatic heterocycles. The van der Waals surface area contributed by atoms with Crippen molar-refractivity contribution in [3.05, 3.63) is 26.4 Å². The minimum absolute atomic E-state index is 0. The van der Waals surface area contributed by atoms with Gasteiger partial charge in [-0.25, -0.2) is 8.42 Å². The predicted molar refractivity (Wildman–Crippen MR) is 415 cm³/mol. The fourth-order valence-corrected chi connectivity index (χ4v) is 15.2. The molecule has 0 amide bonds. The molecule has 107 heavy (non-hydrogen) atoms. The van der Waals surface area contributed by atoms with Crippen molar-refractivity contribution in [2.45, 2.75) is 258 Å². The van der Waals surface area contributed by atoms with E-state index in [4.69, 9.17) is 94.8 Å². The summed E-state index contributed by atoms with van der Waals surface area (Å²) in [5.41, 5.74) is 21.7. The van der Waals surface area contributed by atoms with Crippen LogP contribution in [0.1, 0.15) is 151 Å². The van der Waals surface area contributed by atoms with E-state index >= 15 is 0 Å². The van der Waals surface area contributed by atoms with Crippen molar-refractivity contribution in [3.63, 3.8) is 0 Å². The van der Waals surface area contributed by atoms with E-state index in [9.17, 15) is 43.9 Å². The van der Waals surface area contributed by atoms with E-state index in [1.54, 1.807) is 6.92 Å². The van der Waals surface area contributed by atoms with E-state index in [0.717, 1.165) is 69.5 Å². The van der Waals surface area contributed by atoms with Gasteiger partial charge in [0.05, 0.1) is 94.1 Å². The SMILES string of the molecule is CC.CC[C@@H]1OC(O)C(C)[C@H]1C.CC[C@H](O)[C@H](C)C(C)CO.CC[C@H](OS(C)(=O)=O)[C@H](C)C(C)CN=[N+]=[N-].CC[C@H](OS(C)(=O)=O)[C@H](C)C(C)COS(C)(=O)=O.CC[C@H]1[Se]CC(C)[C@H]1C.COC1O[C@@H](CO)[C@H](O)C1O.CS(=O)(=O)Cl.OC[C@@H]1OC(O)C(O)[C@H]1O.OC[C@H]1NCC(O)[C@H]1O.[H+].[N-]=[N+]=[N-].[Na+].[Na][Na].[SeH2]. The van der Waals surface area contributed by atoms with E-state index < -0.39 is 120 Å². The standard InChI is InChI=1S/C10H22O6S2.C9H19N3O3S.C8H16O2.C8H18O2.C8H16Se.C6H12O5.C5H11NO3.C5H10O5.C2H6.CH3ClO2S.N3.3Na.H2Se/c1-6-10(16-18(5,13)14)9(3)8(2)7-15-17(4,11)12;1-5-9(15-16(4,13)14)8(3)7(2)6-11-12-10;1-4-7-5(2)6(3)8(9)10-7;1-4-8(10)7(3)6(2)5-9;1-4-8-7(3)6(2)5-9-8;1-10-6-5(9)4(8)3(2-7)11-6;7-2-3-5(9)4(8)1-6-3;6-1-2-3(7)4(8)5(9)10-2;1-2;1-5(2,3)4;1-3-2;;;;/h8-10H,6-7H2,1-5H3;7-9H,5-6H2,1-4H3;5-9H,4H2,1-3H3;6-10H,4-5H2,1-3H3;6-8H,4-5H2,1-3H3;3-9H,2H2,1H3;3-9H,1-2H2;2-9H,1H2;1-2H3;1H3;;;;;1H2/q;;;;;;;;;;-1;;;+1;/p+1/t8?,9-,10+;7?,8-,9+;5-,6?,7+,8?;6?,7-,8+;6?,7-,8-;3-,4-,5?,6?;3-,4?,5+;2-,3-,4?,5?;;;;;;;/m11111010......./s1. The molecule has 11 unspecified atom stereocenters. The third-order valence-corrected chi connectivity index (χ3v) is 23.2. The number of nitrogens with zero attached hydrogens (tertiary/aromatic N) is 6. The predicted octanol–water partition coefficient (Wildman–Crippen LogP) is -1.01. The summed E-state index contributed by atoms with van der Waals surface area (Å²) < 4.78 is 119. The Balaban J connectivity index is -0.000000125. The Morgan fingerprint density at radius 1 is 0.607 bits per heavy atom. The number of aliphatic hydroxyl groups excluding tert-OH is 13. The van der Waals surface area contributed by atoms with Crippen LogP contribution in [0, 0.1) is 59.2 Å².